The van der Waals surface area contributed by atoms with Gasteiger partial charge in [-0.25, -0.2) is 9.97 Å². The Morgan fingerprint density at radius 1 is 1.26 bits per heavy atom. The molecule has 6 heteroatoms. The Kier molecular flexibility index (Phi) is 4.56. The topological polar surface area (TPSA) is 64.7 Å². The molecule has 2 aromatic heterocycles. The van der Waals surface area contributed by atoms with Gasteiger partial charge in [0.1, 0.15) is 5.82 Å². The third kappa shape index (κ3) is 3.39. The summed E-state index contributed by atoms with van der Waals surface area (Å²) in [6, 6.07) is 7.90. The standard InChI is InChI=1S/C21H25N5O/c1-4-17-12-25-10-9-16(11-20(25)23-17)21(27)24-18-5-7-19(8-6-18)26-13-22-14(2)15(26)3/h5-8,12-13,16H,4,9-11H2,1-3H3,(H,24,27). The Hall–Kier alpha value is -2.89. The molecule has 4 rings (SSSR count). The maximum atomic E-state index is 12.7. The molecule has 1 aromatic carbocycles. The van der Waals surface area contributed by atoms with Crippen LogP contribution in [0.1, 0.15) is 36.3 Å². The fraction of sp³-hybridized carbons (Fsp3) is 0.381. The summed E-state index contributed by atoms with van der Waals surface area (Å²) in [5.41, 5.74) is 5.11. The van der Waals surface area contributed by atoms with Crippen LogP contribution in [0.3, 0.4) is 0 Å². The van der Waals surface area contributed by atoms with Gasteiger partial charge in [-0.3, -0.25) is 4.79 Å². The van der Waals surface area contributed by atoms with E-state index in [1.54, 1.807) is 0 Å². The average Bonchev–Trinajstić information content (AvgIpc) is 3.25. The fourth-order valence-corrected chi connectivity index (χ4v) is 3.59. The number of hydrogen-bond acceptors (Lipinski definition) is 3. The minimum Gasteiger partial charge on any atom is -0.335 e. The fourth-order valence-electron chi connectivity index (χ4n) is 3.59. The molecule has 3 heterocycles. The first kappa shape index (κ1) is 17.5. The lowest BCUT2D eigenvalue weighted by Gasteiger charge is -2.22. The molecule has 1 N–H and O–H groups in total. The van der Waals surface area contributed by atoms with Crippen LogP contribution in [0.2, 0.25) is 0 Å². The molecule has 0 bridgehead atoms. The minimum absolute atomic E-state index is 0.0252. The number of aryl methyl sites for hydroxylation is 3. The third-order valence-corrected chi connectivity index (χ3v) is 5.45. The molecule has 6 nitrogen and oxygen atoms in total. The zero-order chi connectivity index (χ0) is 19.0. The average molecular weight is 363 g/mol. The molecule has 1 aliphatic heterocycles. The lowest BCUT2D eigenvalue weighted by Crippen LogP contribution is -2.30. The number of nitrogens with zero attached hydrogens (tertiary/aromatic N) is 4. The number of rotatable bonds is 4. The molecule has 1 atom stereocenters. The van der Waals surface area contributed by atoms with Crippen LogP contribution in [0.4, 0.5) is 5.69 Å². The molecule has 27 heavy (non-hydrogen) atoms. The molecule has 1 unspecified atom stereocenters. The van der Waals surface area contributed by atoms with Crippen LogP contribution in [0.15, 0.2) is 36.8 Å². The predicted molar refractivity (Wildman–Crippen MR) is 105 cm³/mol. The van der Waals surface area contributed by atoms with Gasteiger partial charge in [0, 0.05) is 42.1 Å². The molecule has 0 spiro atoms. The van der Waals surface area contributed by atoms with Gasteiger partial charge >= 0.3 is 0 Å². The van der Waals surface area contributed by atoms with Gasteiger partial charge in [-0.1, -0.05) is 6.92 Å². The smallest absolute Gasteiger partial charge is 0.228 e. The molecule has 1 aliphatic rings. The highest BCUT2D eigenvalue weighted by molar-refractivity contribution is 5.92. The van der Waals surface area contributed by atoms with Crippen molar-refractivity contribution in [3.8, 4) is 5.69 Å². The highest BCUT2D eigenvalue weighted by atomic mass is 16.1. The number of fused-ring (bicyclic) bond motifs is 1. The molecule has 0 radical (unpaired) electrons. The van der Waals surface area contributed by atoms with Crippen LogP contribution in [-0.4, -0.2) is 25.0 Å². The zero-order valence-corrected chi connectivity index (χ0v) is 16.1. The van der Waals surface area contributed by atoms with Gasteiger partial charge in [0.25, 0.3) is 0 Å². The highest BCUT2D eigenvalue weighted by Crippen LogP contribution is 2.23. The molecular formula is C21H25N5O. The maximum absolute atomic E-state index is 12.7. The number of benzene rings is 1. The highest BCUT2D eigenvalue weighted by Gasteiger charge is 2.26. The number of nitrogens with one attached hydrogen (secondary N) is 1. The van der Waals surface area contributed by atoms with Crippen molar-refractivity contribution in [3.63, 3.8) is 0 Å². The van der Waals surface area contributed by atoms with Crippen molar-refractivity contribution < 1.29 is 4.79 Å². The van der Waals surface area contributed by atoms with Gasteiger partial charge in [0.05, 0.1) is 17.7 Å². The van der Waals surface area contributed by atoms with Gasteiger partial charge in [-0.2, -0.15) is 0 Å². The number of carbonyl (C=O) groups excluding carboxylic acids is 1. The first-order valence-corrected chi connectivity index (χ1v) is 9.52. The summed E-state index contributed by atoms with van der Waals surface area (Å²) in [7, 11) is 0. The monoisotopic (exact) mass is 363 g/mol. The second-order valence-corrected chi connectivity index (χ2v) is 7.21. The van der Waals surface area contributed by atoms with Crippen LogP contribution in [-0.2, 0) is 24.2 Å². The molecular weight excluding hydrogens is 338 g/mol. The van der Waals surface area contributed by atoms with Gasteiger partial charge in [0.2, 0.25) is 5.91 Å². The van der Waals surface area contributed by atoms with Crippen molar-refractivity contribution >= 4 is 11.6 Å². The Morgan fingerprint density at radius 2 is 2.04 bits per heavy atom. The predicted octanol–water partition coefficient (Wildman–Crippen LogP) is 3.45. The summed E-state index contributed by atoms with van der Waals surface area (Å²) in [6.07, 6.45) is 6.43. The van der Waals surface area contributed by atoms with Crippen molar-refractivity contribution in [2.45, 2.75) is 46.6 Å². The first-order valence-electron chi connectivity index (χ1n) is 9.52. The zero-order valence-electron chi connectivity index (χ0n) is 16.1. The largest absolute Gasteiger partial charge is 0.335 e. The Bertz CT molecular complexity index is 967. The summed E-state index contributed by atoms with van der Waals surface area (Å²) in [5, 5.41) is 3.06. The van der Waals surface area contributed by atoms with Gasteiger partial charge in [0.15, 0.2) is 0 Å². The Labute approximate surface area is 159 Å². The summed E-state index contributed by atoms with van der Waals surface area (Å²) >= 11 is 0. The summed E-state index contributed by atoms with van der Waals surface area (Å²) in [5.74, 6) is 1.08. The maximum Gasteiger partial charge on any atom is 0.228 e. The van der Waals surface area contributed by atoms with E-state index in [-0.39, 0.29) is 11.8 Å². The summed E-state index contributed by atoms with van der Waals surface area (Å²) < 4.78 is 4.24. The van der Waals surface area contributed by atoms with E-state index in [0.29, 0.717) is 6.42 Å². The molecule has 3 aromatic rings. The number of carbonyl (C=O) groups is 1. The molecule has 0 fully saturated rings. The van der Waals surface area contributed by atoms with Gasteiger partial charge < -0.3 is 14.5 Å². The Morgan fingerprint density at radius 3 is 2.70 bits per heavy atom. The second-order valence-electron chi connectivity index (χ2n) is 7.21. The van der Waals surface area contributed by atoms with Gasteiger partial charge in [-0.05, 0) is 51.0 Å². The molecule has 0 saturated carbocycles. The first-order chi connectivity index (χ1) is 13.0. The SMILES string of the molecule is CCc1cn2c(n1)CC(C(=O)Nc1ccc(-n3cnc(C)c3C)cc1)CC2. The minimum atomic E-state index is -0.0252. The summed E-state index contributed by atoms with van der Waals surface area (Å²) in [6.45, 7) is 7.02. The number of aromatic nitrogens is 4. The van der Waals surface area contributed by atoms with Crippen LogP contribution in [0.25, 0.3) is 5.69 Å². The van der Waals surface area contributed by atoms with Crippen LogP contribution >= 0.6 is 0 Å². The second kappa shape index (κ2) is 7.02. The van der Waals surface area contributed by atoms with Crippen LogP contribution in [0, 0.1) is 19.8 Å². The third-order valence-electron chi connectivity index (χ3n) is 5.45. The van der Waals surface area contributed by atoms with Crippen molar-refractivity contribution in [3.05, 3.63) is 59.7 Å². The van der Waals surface area contributed by atoms with E-state index < -0.39 is 0 Å². The van der Waals surface area contributed by atoms with Crippen molar-refractivity contribution in [1.29, 1.82) is 0 Å². The van der Waals surface area contributed by atoms with Gasteiger partial charge in [-0.15, -0.1) is 0 Å². The lowest BCUT2D eigenvalue weighted by atomic mass is 9.97. The number of hydrogen-bond donors (Lipinski definition) is 1. The molecule has 0 saturated heterocycles. The van der Waals surface area contributed by atoms with E-state index >= 15 is 0 Å². The van der Waals surface area contributed by atoms with E-state index in [1.807, 2.05) is 42.1 Å². The molecule has 0 aliphatic carbocycles. The molecule has 140 valence electrons. The Balaban J connectivity index is 1.43. The van der Waals surface area contributed by atoms with E-state index in [4.69, 9.17) is 0 Å². The van der Waals surface area contributed by atoms with Crippen molar-refractivity contribution in [1.82, 2.24) is 19.1 Å². The van der Waals surface area contributed by atoms with Crippen molar-refractivity contribution in [2.75, 3.05) is 5.32 Å². The quantitative estimate of drug-likeness (QED) is 0.772. The van der Waals surface area contributed by atoms with E-state index in [0.717, 1.165) is 53.7 Å². The number of imidazole rings is 2. The molecule has 1 amide bonds. The van der Waals surface area contributed by atoms with E-state index in [2.05, 4.69) is 39.9 Å². The number of anilines is 1. The lowest BCUT2D eigenvalue weighted by molar-refractivity contribution is -0.120. The normalized spacial score (nSPS) is 16.2. The number of amides is 1. The van der Waals surface area contributed by atoms with Crippen LogP contribution in [0.5, 0.6) is 0 Å². The summed E-state index contributed by atoms with van der Waals surface area (Å²) in [4.78, 5) is 21.7. The van der Waals surface area contributed by atoms with Crippen molar-refractivity contribution in [2.24, 2.45) is 5.92 Å². The van der Waals surface area contributed by atoms with E-state index in [1.165, 1.54) is 0 Å². The van der Waals surface area contributed by atoms with Crippen LogP contribution < -0.4 is 5.32 Å². The van der Waals surface area contributed by atoms with E-state index in [9.17, 15) is 4.79 Å².